The van der Waals surface area contributed by atoms with Gasteiger partial charge in [-0.1, -0.05) is 24.3 Å². The van der Waals surface area contributed by atoms with Crippen molar-refractivity contribution < 1.29 is 14.3 Å². The van der Waals surface area contributed by atoms with Crippen LogP contribution in [0.1, 0.15) is 43.2 Å². The first-order valence-corrected chi connectivity index (χ1v) is 8.72. The third-order valence-corrected chi connectivity index (χ3v) is 4.86. The number of nitrogens with one attached hydrogen (secondary N) is 1. The maximum Gasteiger partial charge on any atom is 0.246 e. The van der Waals surface area contributed by atoms with Crippen molar-refractivity contribution in [2.45, 2.75) is 57.1 Å². The highest BCUT2D eigenvalue weighted by Gasteiger charge is 2.44. The molecule has 1 aromatic carbocycles. The standard InChI is InChI=1S/C19H27NO3/c1-15-6-2-3-7-16(15)12-19(9-10-19)20-18(21)14-22-13-17-8-4-5-11-23-17/h2-3,6-7,17H,4-5,8-14H2,1H3,(H,20,21)/t17-/m0/s1. The van der Waals surface area contributed by atoms with E-state index >= 15 is 0 Å². The Morgan fingerprint density at radius 3 is 2.87 bits per heavy atom. The van der Waals surface area contributed by atoms with Crippen LogP contribution in [0.3, 0.4) is 0 Å². The Hall–Kier alpha value is -1.39. The zero-order valence-electron chi connectivity index (χ0n) is 14.0. The first-order valence-electron chi connectivity index (χ1n) is 8.72. The highest BCUT2D eigenvalue weighted by molar-refractivity contribution is 5.78. The minimum Gasteiger partial charge on any atom is -0.376 e. The molecule has 1 atom stereocenters. The lowest BCUT2D eigenvalue weighted by Crippen LogP contribution is -2.41. The van der Waals surface area contributed by atoms with Gasteiger partial charge in [-0.2, -0.15) is 0 Å². The summed E-state index contributed by atoms with van der Waals surface area (Å²) in [5.74, 6) is -0.00751. The van der Waals surface area contributed by atoms with E-state index in [4.69, 9.17) is 9.47 Å². The van der Waals surface area contributed by atoms with Gasteiger partial charge in [0.2, 0.25) is 5.91 Å². The maximum absolute atomic E-state index is 12.1. The molecular weight excluding hydrogens is 290 g/mol. The number of aryl methyl sites for hydroxylation is 1. The second-order valence-electron chi connectivity index (χ2n) is 6.94. The predicted molar refractivity (Wildman–Crippen MR) is 89.4 cm³/mol. The molecule has 126 valence electrons. The molecular formula is C19H27NO3. The Morgan fingerprint density at radius 2 is 2.17 bits per heavy atom. The van der Waals surface area contributed by atoms with Crippen LogP contribution < -0.4 is 5.32 Å². The van der Waals surface area contributed by atoms with E-state index in [1.165, 1.54) is 17.5 Å². The van der Waals surface area contributed by atoms with Gasteiger partial charge in [0.1, 0.15) is 6.61 Å². The van der Waals surface area contributed by atoms with E-state index in [0.29, 0.717) is 6.61 Å². The molecule has 1 aromatic rings. The summed E-state index contributed by atoms with van der Waals surface area (Å²) < 4.78 is 11.2. The third kappa shape index (κ3) is 4.79. The van der Waals surface area contributed by atoms with Crippen molar-refractivity contribution in [2.75, 3.05) is 19.8 Å². The van der Waals surface area contributed by atoms with Crippen LogP contribution >= 0.6 is 0 Å². The monoisotopic (exact) mass is 317 g/mol. The van der Waals surface area contributed by atoms with Gasteiger partial charge >= 0.3 is 0 Å². The van der Waals surface area contributed by atoms with Crippen LogP contribution in [0.5, 0.6) is 0 Å². The van der Waals surface area contributed by atoms with Gasteiger partial charge in [-0.15, -0.1) is 0 Å². The van der Waals surface area contributed by atoms with Crippen LogP contribution in [0.4, 0.5) is 0 Å². The fourth-order valence-electron chi connectivity index (χ4n) is 3.22. The number of carbonyl (C=O) groups is 1. The average Bonchev–Trinajstić information content (AvgIpc) is 3.30. The number of hydrogen-bond acceptors (Lipinski definition) is 3. The van der Waals surface area contributed by atoms with E-state index in [0.717, 1.165) is 38.7 Å². The summed E-state index contributed by atoms with van der Waals surface area (Å²) >= 11 is 0. The van der Waals surface area contributed by atoms with Crippen molar-refractivity contribution in [3.05, 3.63) is 35.4 Å². The molecule has 0 radical (unpaired) electrons. The van der Waals surface area contributed by atoms with Crippen molar-refractivity contribution >= 4 is 5.91 Å². The molecule has 1 saturated carbocycles. The number of benzene rings is 1. The summed E-state index contributed by atoms with van der Waals surface area (Å²) in [7, 11) is 0. The Balaban J connectivity index is 1.41. The largest absolute Gasteiger partial charge is 0.376 e. The molecule has 4 heteroatoms. The van der Waals surface area contributed by atoms with E-state index in [2.05, 4.69) is 36.5 Å². The molecule has 2 fully saturated rings. The molecule has 23 heavy (non-hydrogen) atoms. The Kier molecular flexibility index (Phi) is 5.34. The predicted octanol–water partition coefficient (Wildman–Crippen LogP) is 2.77. The lowest BCUT2D eigenvalue weighted by molar-refractivity contribution is -0.128. The molecule has 0 spiro atoms. The number of ether oxygens (including phenoxy) is 2. The number of hydrogen-bond donors (Lipinski definition) is 1. The van der Waals surface area contributed by atoms with Crippen LogP contribution in [0, 0.1) is 6.92 Å². The second kappa shape index (κ2) is 7.45. The third-order valence-electron chi connectivity index (χ3n) is 4.86. The van der Waals surface area contributed by atoms with Crippen molar-refractivity contribution in [1.29, 1.82) is 0 Å². The molecule has 0 aromatic heterocycles. The molecule has 1 saturated heterocycles. The summed E-state index contributed by atoms with van der Waals surface area (Å²) in [4.78, 5) is 12.1. The zero-order chi connectivity index (χ0) is 16.1. The van der Waals surface area contributed by atoms with Crippen LogP contribution in [0.25, 0.3) is 0 Å². The van der Waals surface area contributed by atoms with Gasteiger partial charge in [0, 0.05) is 12.1 Å². The molecule has 1 N–H and O–H groups in total. The molecule has 3 rings (SSSR count). The highest BCUT2D eigenvalue weighted by atomic mass is 16.5. The first-order chi connectivity index (χ1) is 11.2. The maximum atomic E-state index is 12.1. The fraction of sp³-hybridized carbons (Fsp3) is 0.632. The van der Waals surface area contributed by atoms with Gasteiger partial charge in [0.05, 0.1) is 12.7 Å². The molecule has 1 heterocycles. The average molecular weight is 317 g/mol. The molecule has 1 aliphatic heterocycles. The lowest BCUT2D eigenvalue weighted by atomic mass is 9.99. The summed E-state index contributed by atoms with van der Waals surface area (Å²) in [6, 6.07) is 8.39. The topological polar surface area (TPSA) is 47.6 Å². The van der Waals surface area contributed by atoms with E-state index in [-0.39, 0.29) is 24.2 Å². The van der Waals surface area contributed by atoms with Gasteiger partial charge in [-0.3, -0.25) is 4.79 Å². The Morgan fingerprint density at radius 1 is 1.35 bits per heavy atom. The zero-order valence-corrected chi connectivity index (χ0v) is 14.0. The van der Waals surface area contributed by atoms with Crippen LogP contribution in [0.15, 0.2) is 24.3 Å². The summed E-state index contributed by atoms with van der Waals surface area (Å²) in [6.45, 7) is 3.61. The summed E-state index contributed by atoms with van der Waals surface area (Å²) in [6.07, 6.45) is 6.56. The smallest absolute Gasteiger partial charge is 0.246 e. The number of carbonyl (C=O) groups excluding carboxylic acids is 1. The minimum absolute atomic E-state index is 0.00751. The van der Waals surface area contributed by atoms with E-state index in [9.17, 15) is 4.79 Å². The van der Waals surface area contributed by atoms with Crippen LogP contribution in [0.2, 0.25) is 0 Å². The van der Waals surface area contributed by atoms with Gasteiger partial charge in [0.25, 0.3) is 0 Å². The normalized spacial score (nSPS) is 22.6. The molecule has 1 amide bonds. The number of rotatable bonds is 7. The van der Waals surface area contributed by atoms with Gasteiger partial charge in [-0.05, 0) is 56.6 Å². The van der Waals surface area contributed by atoms with Crippen LogP contribution in [-0.2, 0) is 20.7 Å². The quantitative estimate of drug-likeness (QED) is 0.841. The van der Waals surface area contributed by atoms with Crippen molar-refractivity contribution in [3.63, 3.8) is 0 Å². The molecule has 2 aliphatic rings. The van der Waals surface area contributed by atoms with Gasteiger partial charge in [0.15, 0.2) is 0 Å². The van der Waals surface area contributed by atoms with E-state index < -0.39 is 0 Å². The SMILES string of the molecule is Cc1ccccc1CC1(NC(=O)COC[C@@H]2CCCCO2)CC1. The first kappa shape index (κ1) is 16.5. The van der Waals surface area contributed by atoms with Crippen molar-refractivity contribution in [1.82, 2.24) is 5.32 Å². The lowest BCUT2D eigenvalue weighted by Gasteiger charge is -2.23. The molecule has 1 aliphatic carbocycles. The minimum atomic E-state index is -0.0477. The van der Waals surface area contributed by atoms with Gasteiger partial charge < -0.3 is 14.8 Å². The van der Waals surface area contributed by atoms with Gasteiger partial charge in [-0.25, -0.2) is 0 Å². The number of amides is 1. The second-order valence-corrected chi connectivity index (χ2v) is 6.94. The summed E-state index contributed by atoms with van der Waals surface area (Å²) in [5, 5.41) is 3.18. The molecule has 0 unspecified atom stereocenters. The molecule has 0 bridgehead atoms. The van der Waals surface area contributed by atoms with E-state index in [1.807, 2.05) is 0 Å². The highest BCUT2D eigenvalue weighted by Crippen LogP contribution is 2.39. The molecule has 4 nitrogen and oxygen atoms in total. The van der Waals surface area contributed by atoms with Crippen LogP contribution in [-0.4, -0.2) is 37.4 Å². The van der Waals surface area contributed by atoms with E-state index in [1.54, 1.807) is 0 Å². The van der Waals surface area contributed by atoms with Crippen molar-refractivity contribution in [2.24, 2.45) is 0 Å². The summed E-state index contributed by atoms with van der Waals surface area (Å²) in [5.41, 5.74) is 2.56. The Bertz CT molecular complexity index is 533. The van der Waals surface area contributed by atoms with Crippen molar-refractivity contribution in [3.8, 4) is 0 Å². The Labute approximate surface area is 138 Å². The fourth-order valence-corrected chi connectivity index (χ4v) is 3.22.